The van der Waals surface area contributed by atoms with Crippen molar-refractivity contribution in [2.45, 2.75) is 6.10 Å². The summed E-state index contributed by atoms with van der Waals surface area (Å²) in [6.07, 6.45) is -1.22. The maximum atomic E-state index is 13.9. The lowest BCUT2D eigenvalue weighted by Crippen LogP contribution is -2.16. The number of aliphatic hydroxyl groups is 1. The average Bonchev–Trinajstić information content (AvgIpc) is 2.46. The Kier molecular flexibility index (Phi) is 3.93. The van der Waals surface area contributed by atoms with Crippen LogP contribution in [0.3, 0.4) is 0 Å². The van der Waals surface area contributed by atoms with Crippen LogP contribution in [0.15, 0.2) is 30.3 Å². The van der Waals surface area contributed by atoms with Crippen LogP contribution in [0.25, 0.3) is 0 Å². The predicted octanol–water partition coefficient (Wildman–Crippen LogP) is 3.99. The summed E-state index contributed by atoms with van der Waals surface area (Å²) in [5, 5.41) is 10.9. The molecule has 0 bridgehead atoms. The number of aliphatic hydroxyl groups excluding tert-OH is 1. The first-order valence-electron chi connectivity index (χ1n) is 6.28. The smallest absolute Gasteiger partial charge is 0.162 e. The Labute approximate surface area is 130 Å². The molecule has 0 aromatic heterocycles. The molecule has 2 aromatic rings. The third-order valence-corrected chi connectivity index (χ3v) is 3.78. The van der Waals surface area contributed by atoms with E-state index in [0.29, 0.717) is 30.3 Å². The normalized spacial score (nSPS) is 14.9. The van der Waals surface area contributed by atoms with Crippen LogP contribution in [0.4, 0.5) is 4.39 Å². The van der Waals surface area contributed by atoms with Gasteiger partial charge in [0.1, 0.15) is 25.1 Å². The minimum atomic E-state index is -1.22. The SMILES string of the molecule is OC(c1ccc(Cl)cc1F)c1cc2c(cc1Cl)OCCO2. The highest BCUT2D eigenvalue weighted by Crippen LogP contribution is 2.39. The molecule has 1 unspecified atom stereocenters. The third kappa shape index (κ3) is 2.79. The van der Waals surface area contributed by atoms with E-state index in [4.69, 9.17) is 32.7 Å². The first-order chi connectivity index (χ1) is 10.1. The molecule has 6 heteroatoms. The fourth-order valence-electron chi connectivity index (χ4n) is 2.18. The van der Waals surface area contributed by atoms with Crippen LogP contribution >= 0.6 is 23.2 Å². The van der Waals surface area contributed by atoms with E-state index in [1.54, 1.807) is 12.1 Å². The molecule has 1 heterocycles. The second kappa shape index (κ2) is 5.72. The summed E-state index contributed by atoms with van der Waals surface area (Å²) in [6.45, 7) is 0.858. The molecule has 1 atom stereocenters. The van der Waals surface area contributed by atoms with Crippen LogP contribution in [-0.2, 0) is 0 Å². The van der Waals surface area contributed by atoms with Gasteiger partial charge < -0.3 is 14.6 Å². The van der Waals surface area contributed by atoms with E-state index in [9.17, 15) is 9.50 Å². The van der Waals surface area contributed by atoms with Gasteiger partial charge in [-0.05, 0) is 18.2 Å². The van der Waals surface area contributed by atoms with Crippen LogP contribution in [-0.4, -0.2) is 18.3 Å². The molecule has 1 N–H and O–H groups in total. The molecule has 0 amide bonds. The zero-order valence-corrected chi connectivity index (χ0v) is 12.3. The summed E-state index contributed by atoms with van der Waals surface area (Å²) in [5.41, 5.74) is 0.445. The standard InChI is InChI=1S/C15H11Cl2FO3/c16-8-1-2-9(12(18)5-8)15(19)10-6-13-14(7-11(10)17)21-4-3-20-13/h1-2,5-7,15,19H,3-4H2. The van der Waals surface area contributed by atoms with Crippen molar-refractivity contribution >= 4 is 23.2 Å². The topological polar surface area (TPSA) is 38.7 Å². The van der Waals surface area contributed by atoms with Crippen LogP contribution in [0.5, 0.6) is 11.5 Å². The van der Waals surface area contributed by atoms with Gasteiger partial charge >= 0.3 is 0 Å². The van der Waals surface area contributed by atoms with Gasteiger partial charge in [-0.15, -0.1) is 0 Å². The first-order valence-corrected chi connectivity index (χ1v) is 7.04. The summed E-state index contributed by atoms with van der Waals surface area (Å²) in [5.74, 6) is 0.397. The largest absolute Gasteiger partial charge is 0.486 e. The maximum absolute atomic E-state index is 13.9. The van der Waals surface area contributed by atoms with E-state index in [0.717, 1.165) is 6.07 Å². The molecule has 3 rings (SSSR count). The number of hydrogen-bond acceptors (Lipinski definition) is 3. The summed E-state index contributed by atoms with van der Waals surface area (Å²) in [7, 11) is 0. The summed E-state index contributed by atoms with van der Waals surface area (Å²) >= 11 is 11.9. The molecule has 0 radical (unpaired) electrons. The van der Waals surface area contributed by atoms with Crippen LogP contribution in [0.1, 0.15) is 17.2 Å². The zero-order valence-electron chi connectivity index (χ0n) is 10.8. The fourth-order valence-corrected chi connectivity index (χ4v) is 2.60. The lowest BCUT2D eigenvalue weighted by Gasteiger charge is -2.21. The van der Waals surface area contributed by atoms with Crippen LogP contribution in [0.2, 0.25) is 10.0 Å². The second-order valence-corrected chi connectivity index (χ2v) is 5.43. The predicted molar refractivity (Wildman–Crippen MR) is 77.9 cm³/mol. The van der Waals surface area contributed by atoms with Crippen molar-refractivity contribution in [3.8, 4) is 11.5 Å². The molecule has 3 nitrogen and oxygen atoms in total. The van der Waals surface area contributed by atoms with Crippen molar-refractivity contribution in [3.63, 3.8) is 0 Å². The van der Waals surface area contributed by atoms with Crippen molar-refractivity contribution in [2.24, 2.45) is 0 Å². The molecule has 110 valence electrons. The monoisotopic (exact) mass is 328 g/mol. The molecule has 1 aliphatic rings. The molecular formula is C15H11Cl2FO3. The molecular weight excluding hydrogens is 318 g/mol. The highest BCUT2D eigenvalue weighted by molar-refractivity contribution is 6.31. The summed E-state index contributed by atoms with van der Waals surface area (Å²) < 4.78 is 24.8. The van der Waals surface area contributed by atoms with Crippen molar-refractivity contribution in [2.75, 3.05) is 13.2 Å². The minimum absolute atomic E-state index is 0.0953. The molecule has 0 saturated carbocycles. The van der Waals surface area contributed by atoms with Gasteiger partial charge in [-0.25, -0.2) is 4.39 Å². The van der Waals surface area contributed by atoms with E-state index >= 15 is 0 Å². The lowest BCUT2D eigenvalue weighted by atomic mass is 10.0. The van der Waals surface area contributed by atoms with Crippen LogP contribution < -0.4 is 9.47 Å². The molecule has 0 spiro atoms. The fraction of sp³-hybridized carbons (Fsp3) is 0.200. The number of benzene rings is 2. The Morgan fingerprint density at radius 2 is 1.67 bits per heavy atom. The number of halogens is 3. The maximum Gasteiger partial charge on any atom is 0.162 e. The minimum Gasteiger partial charge on any atom is -0.486 e. The Bertz CT molecular complexity index is 691. The van der Waals surface area contributed by atoms with Crippen LogP contribution in [0, 0.1) is 5.82 Å². The van der Waals surface area contributed by atoms with Crippen molar-refractivity contribution < 1.29 is 19.0 Å². The highest BCUT2D eigenvalue weighted by atomic mass is 35.5. The van der Waals surface area contributed by atoms with E-state index in [1.165, 1.54) is 12.1 Å². The molecule has 0 aliphatic carbocycles. The molecule has 2 aromatic carbocycles. The summed E-state index contributed by atoms with van der Waals surface area (Å²) in [6, 6.07) is 7.20. The Balaban J connectivity index is 2.03. The molecule has 0 saturated heterocycles. The molecule has 0 fully saturated rings. The number of hydrogen-bond donors (Lipinski definition) is 1. The van der Waals surface area contributed by atoms with Gasteiger partial charge in [-0.2, -0.15) is 0 Å². The number of ether oxygens (including phenoxy) is 2. The van der Waals surface area contributed by atoms with Gasteiger partial charge in [0.25, 0.3) is 0 Å². The lowest BCUT2D eigenvalue weighted by molar-refractivity contribution is 0.169. The van der Waals surface area contributed by atoms with E-state index in [-0.39, 0.29) is 15.6 Å². The average molecular weight is 329 g/mol. The van der Waals surface area contributed by atoms with Gasteiger partial charge in [0.05, 0.1) is 5.02 Å². The summed E-state index contributed by atoms with van der Waals surface area (Å²) in [4.78, 5) is 0. The quantitative estimate of drug-likeness (QED) is 0.906. The van der Waals surface area contributed by atoms with Crippen molar-refractivity contribution in [1.29, 1.82) is 0 Å². The van der Waals surface area contributed by atoms with Gasteiger partial charge in [-0.3, -0.25) is 0 Å². The number of fused-ring (bicyclic) bond motifs is 1. The number of rotatable bonds is 2. The Morgan fingerprint density at radius 3 is 2.33 bits per heavy atom. The van der Waals surface area contributed by atoms with Crippen molar-refractivity contribution in [1.82, 2.24) is 0 Å². The Hall–Kier alpha value is -1.49. The zero-order chi connectivity index (χ0) is 15.0. The van der Waals surface area contributed by atoms with E-state index in [1.807, 2.05) is 0 Å². The van der Waals surface area contributed by atoms with Crippen molar-refractivity contribution in [3.05, 3.63) is 57.3 Å². The van der Waals surface area contributed by atoms with E-state index < -0.39 is 11.9 Å². The van der Waals surface area contributed by atoms with E-state index in [2.05, 4.69) is 0 Å². The van der Waals surface area contributed by atoms with Gasteiger partial charge in [0.2, 0.25) is 0 Å². The highest BCUT2D eigenvalue weighted by Gasteiger charge is 2.22. The van der Waals surface area contributed by atoms with Gasteiger partial charge in [0.15, 0.2) is 11.5 Å². The van der Waals surface area contributed by atoms with Gasteiger partial charge in [0, 0.05) is 22.2 Å². The molecule has 1 aliphatic heterocycles. The van der Waals surface area contributed by atoms with Gasteiger partial charge in [-0.1, -0.05) is 29.3 Å². The first kappa shape index (κ1) is 14.4. The Morgan fingerprint density at radius 1 is 1.00 bits per heavy atom. The third-order valence-electron chi connectivity index (χ3n) is 3.21. The molecule has 21 heavy (non-hydrogen) atoms. The second-order valence-electron chi connectivity index (χ2n) is 4.59.